The van der Waals surface area contributed by atoms with Crippen LogP contribution >= 0.6 is 0 Å². The number of anilines is 2. The van der Waals surface area contributed by atoms with Crippen molar-refractivity contribution in [3.8, 4) is 0 Å². The van der Waals surface area contributed by atoms with Crippen LogP contribution in [0.1, 0.15) is 54.6 Å². The SMILES string of the molecule is Cc1ccoc1C(=O)Nc1cc(S(=O)(=O)N2CCCCC2)ccc1N1CCCCC1. The Labute approximate surface area is 178 Å². The van der Waals surface area contributed by atoms with E-state index in [1.165, 1.54) is 12.7 Å². The third-order valence-electron chi connectivity index (χ3n) is 5.93. The second kappa shape index (κ2) is 8.81. The molecule has 4 rings (SSSR count). The molecular formula is C22H29N3O4S. The van der Waals surface area contributed by atoms with Crippen molar-refractivity contribution in [1.29, 1.82) is 0 Å². The van der Waals surface area contributed by atoms with E-state index in [9.17, 15) is 13.2 Å². The summed E-state index contributed by atoms with van der Waals surface area (Å²) in [5.41, 5.74) is 2.10. The monoisotopic (exact) mass is 431 g/mol. The number of carbonyl (C=O) groups is 1. The van der Waals surface area contributed by atoms with E-state index in [-0.39, 0.29) is 16.6 Å². The fraction of sp³-hybridized carbons (Fsp3) is 0.500. The average Bonchev–Trinajstić information content (AvgIpc) is 3.21. The van der Waals surface area contributed by atoms with E-state index >= 15 is 0 Å². The molecule has 1 amide bonds. The number of carbonyl (C=O) groups excluding carboxylic acids is 1. The lowest BCUT2D eigenvalue weighted by molar-refractivity contribution is 0.0996. The van der Waals surface area contributed by atoms with Crippen LogP contribution in [0.15, 0.2) is 39.8 Å². The van der Waals surface area contributed by atoms with E-state index in [1.54, 1.807) is 29.4 Å². The average molecular weight is 432 g/mol. The zero-order chi connectivity index (χ0) is 21.1. The number of furan rings is 1. The normalized spacial score (nSPS) is 18.4. The number of hydrogen-bond acceptors (Lipinski definition) is 5. The van der Waals surface area contributed by atoms with Gasteiger partial charge in [-0.1, -0.05) is 6.42 Å². The maximum absolute atomic E-state index is 13.2. The molecule has 2 saturated heterocycles. The third kappa shape index (κ3) is 4.25. The highest BCUT2D eigenvalue weighted by Crippen LogP contribution is 2.33. The molecule has 30 heavy (non-hydrogen) atoms. The minimum absolute atomic E-state index is 0.219. The Hall–Kier alpha value is -2.32. The zero-order valence-corrected chi connectivity index (χ0v) is 18.2. The first-order chi connectivity index (χ1) is 14.5. The summed E-state index contributed by atoms with van der Waals surface area (Å²) in [7, 11) is -3.59. The van der Waals surface area contributed by atoms with Gasteiger partial charge in [0, 0.05) is 31.7 Å². The lowest BCUT2D eigenvalue weighted by Gasteiger charge is -2.31. The Morgan fingerprint density at radius 2 is 1.63 bits per heavy atom. The van der Waals surface area contributed by atoms with Crippen molar-refractivity contribution in [3.05, 3.63) is 41.9 Å². The van der Waals surface area contributed by atoms with Crippen LogP contribution in [0.25, 0.3) is 0 Å². The molecule has 7 nitrogen and oxygen atoms in total. The highest BCUT2D eigenvalue weighted by Gasteiger charge is 2.28. The van der Waals surface area contributed by atoms with Crippen molar-refractivity contribution in [3.63, 3.8) is 0 Å². The first kappa shape index (κ1) is 20.9. The highest BCUT2D eigenvalue weighted by molar-refractivity contribution is 7.89. The Bertz CT molecular complexity index is 1000. The van der Waals surface area contributed by atoms with Gasteiger partial charge in [-0.3, -0.25) is 4.79 Å². The first-order valence-corrected chi connectivity index (χ1v) is 12.2. The molecule has 2 aliphatic heterocycles. The minimum atomic E-state index is -3.59. The zero-order valence-electron chi connectivity index (χ0n) is 17.4. The van der Waals surface area contributed by atoms with Gasteiger partial charge in [-0.25, -0.2) is 8.42 Å². The van der Waals surface area contributed by atoms with Crippen molar-refractivity contribution in [2.75, 3.05) is 36.4 Å². The fourth-order valence-electron chi connectivity index (χ4n) is 4.23. The number of piperidine rings is 2. The van der Waals surface area contributed by atoms with Gasteiger partial charge in [-0.05, 0) is 63.3 Å². The number of amides is 1. The van der Waals surface area contributed by atoms with Gasteiger partial charge in [0.25, 0.3) is 5.91 Å². The van der Waals surface area contributed by atoms with Crippen LogP contribution in [0, 0.1) is 6.92 Å². The molecule has 0 aliphatic carbocycles. The molecule has 0 radical (unpaired) electrons. The lowest BCUT2D eigenvalue weighted by atomic mass is 10.1. The minimum Gasteiger partial charge on any atom is -0.459 e. The van der Waals surface area contributed by atoms with Crippen molar-refractivity contribution < 1.29 is 17.6 Å². The van der Waals surface area contributed by atoms with Crippen LogP contribution < -0.4 is 10.2 Å². The van der Waals surface area contributed by atoms with Gasteiger partial charge >= 0.3 is 0 Å². The Morgan fingerprint density at radius 1 is 0.967 bits per heavy atom. The van der Waals surface area contributed by atoms with E-state index in [4.69, 9.17) is 4.42 Å². The number of sulfonamides is 1. The second-order valence-electron chi connectivity index (χ2n) is 8.08. The van der Waals surface area contributed by atoms with E-state index in [0.29, 0.717) is 18.8 Å². The first-order valence-electron chi connectivity index (χ1n) is 10.7. The van der Waals surface area contributed by atoms with Crippen LogP contribution in [-0.4, -0.2) is 44.8 Å². The summed E-state index contributed by atoms with van der Waals surface area (Å²) in [6.45, 7) is 4.68. The predicted octanol–water partition coefficient (Wildman–Crippen LogP) is 4.01. The number of nitrogens with zero attached hydrogens (tertiary/aromatic N) is 2. The molecule has 3 heterocycles. The molecule has 2 aliphatic rings. The molecule has 0 bridgehead atoms. The molecule has 0 saturated carbocycles. The molecule has 2 fully saturated rings. The van der Waals surface area contributed by atoms with Gasteiger partial charge in [0.05, 0.1) is 22.5 Å². The maximum atomic E-state index is 13.2. The predicted molar refractivity (Wildman–Crippen MR) is 117 cm³/mol. The van der Waals surface area contributed by atoms with Gasteiger partial charge in [-0.15, -0.1) is 0 Å². The Morgan fingerprint density at radius 3 is 2.27 bits per heavy atom. The van der Waals surface area contributed by atoms with E-state index in [1.807, 2.05) is 6.07 Å². The van der Waals surface area contributed by atoms with Gasteiger partial charge in [-0.2, -0.15) is 4.31 Å². The largest absolute Gasteiger partial charge is 0.459 e. The van der Waals surface area contributed by atoms with Gasteiger partial charge in [0.1, 0.15) is 0 Å². The van der Waals surface area contributed by atoms with Crippen LogP contribution in [0.4, 0.5) is 11.4 Å². The van der Waals surface area contributed by atoms with E-state index in [2.05, 4.69) is 10.2 Å². The van der Waals surface area contributed by atoms with Crippen LogP contribution in [0.3, 0.4) is 0 Å². The van der Waals surface area contributed by atoms with Crippen molar-refractivity contribution >= 4 is 27.3 Å². The van der Waals surface area contributed by atoms with Crippen LogP contribution in [-0.2, 0) is 10.0 Å². The number of nitrogens with one attached hydrogen (secondary N) is 1. The fourth-order valence-corrected chi connectivity index (χ4v) is 5.77. The van der Waals surface area contributed by atoms with Gasteiger partial charge in [0.2, 0.25) is 10.0 Å². The second-order valence-corrected chi connectivity index (χ2v) is 10.0. The maximum Gasteiger partial charge on any atom is 0.291 e. The molecule has 0 spiro atoms. The molecule has 2 aromatic rings. The summed E-state index contributed by atoms with van der Waals surface area (Å²) in [4.78, 5) is 15.2. The third-order valence-corrected chi connectivity index (χ3v) is 7.83. The van der Waals surface area contributed by atoms with Crippen molar-refractivity contribution in [1.82, 2.24) is 4.31 Å². The van der Waals surface area contributed by atoms with E-state index < -0.39 is 10.0 Å². The number of benzene rings is 1. The van der Waals surface area contributed by atoms with Crippen LogP contribution in [0.2, 0.25) is 0 Å². The van der Waals surface area contributed by atoms with Gasteiger partial charge in [0.15, 0.2) is 5.76 Å². The van der Waals surface area contributed by atoms with Crippen LogP contribution in [0.5, 0.6) is 0 Å². The molecule has 0 atom stereocenters. The summed E-state index contributed by atoms with van der Waals surface area (Å²) < 4.78 is 33.2. The topological polar surface area (TPSA) is 82.9 Å². The molecule has 1 aromatic heterocycles. The summed E-state index contributed by atoms with van der Waals surface area (Å²) in [5.74, 6) is -0.132. The Balaban J connectivity index is 1.69. The quantitative estimate of drug-likeness (QED) is 0.774. The summed E-state index contributed by atoms with van der Waals surface area (Å²) >= 11 is 0. The summed E-state index contributed by atoms with van der Waals surface area (Å²) in [5, 5.41) is 2.91. The molecule has 1 aromatic carbocycles. The van der Waals surface area contributed by atoms with E-state index in [0.717, 1.165) is 56.4 Å². The Kier molecular flexibility index (Phi) is 6.15. The number of rotatable bonds is 5. The molecular weight excluding hydrogens is 402 g/mol. The standard InChI is InChI=1S/C22H29N3O4S/c1-17-10-15-29-21(17)22(26)23-19-16-18(30(27,28)25-13-6-3-7-14-25)8-9-20(19)24-11-4-2-5-12-24/h8-10,15-16H,2-7,11-14H2,1H3,(H,23,26). The molecule has 162 valence electrons. The highest BCUT2D eigenvalue weighted by atomic mass is 32.2. The number of hydrogen-bond donors (Lipinski definition) is 1. The van der Waals surface area contributed by atoms with Crippen molar-refractivity contribution in [2.24, 2.45) is 0 Å². The molecule has 8 heteroatoms. The van der Waals surface area contributed by atoms with Gasteiger partial charge < -0.3 is 14.6 Å². The molecule has 1 N–H and O–H groups in total. The smallest absolute Gasteiger partial charge is 0.291 e. The molecule has 0 unspecified atom stereocenters. The number of aryl methyl sites for hydroxylation is 1. The lowest BCUT2D eigenvalue weighted by Crippen LogP contribution is -2.35. The van der Waals surface area contributed by atoms with Crippen molar-refractivity contribution in [2.45, 2.75) is 50.3 Å². The summed E-state index contributed by atoms with van der Waals surface area (Å²) in [6.07, 6.45) is 7.65. The summed E-state index contributed by atoms with van der Waals surface area (Å²) in [6, 6.07) is 6.83.